The van der Waals surface area contributed by atoms with E-state index < -0.39 is 18.7 Å². The Kier molecular flexibility index (Phi) is 4.05. The number of aromatic carboxylic acids is 1. The van der Waals surface area contributed by atoms with Gasteiger partial charge in [0.25, 0.3) is 0 Å². The molecule has 7 heteroatoms. The second kappa shape index (κ2) is 5.16. The molecule has 0 fully saturated rings. The smallest absolute Gasteiger partial charge is 0.405 e. The van der Waals surface area contributed by atoms with E-state index in [9.17, 15) is 18.0 Å². The van der Waals surface area contributed by atoms with Crippen LogP contribution in [0.5, 0.6) is 0 Å². The first kappa shape index (κ1) is 14.1. The molecule has 0 saturated heterocycles. The normalized spacial score (nSPS) is 11.3. The number of hydrogen-bond donors (Lipinski definition) is 2. The molecule has 18 heavy (non-hydrogen) atoms. The van der Waals surface area contributed by atoms with Crippen LogP contribution in [0.1, 0.15) is 17.3 Å². The molecule has 1 aromatic rings. The van der Waals surface area contributed by atoms with Gasteiger partial charge in [0, 0.05) is 6.54 Å². The molecule has 100 valence electrons. The van der Waals surface area contributed by atoms with Gasteiger partial charge in [-0.1, -0.05) is 6.07 Å². The Bertz CT molecular complexity index is 446. The van der Waals surface area contributed by atoms with Crippen LogP contribution in [0, 0.1) is 0 Å². The number of benzene rings is 1. The van der Waals surface area contributed by atoms with Crippen molar-refractivity contribution in [1.29, 1.82) is 0 Å². The minimum atomic E-state index is -4.42. The highest BCUT2D eigenvalue weighted by molar-refractivity contribution is 5.98. The molecule has 0 unspecified atom stereocenters. The van der Waals surface area contributed by atoms with Gasteiger partial charge in [-0.25, -0.2) is 4.79 Å². The number of rotatable bonds is 4. The van der Waals surface area contributed by atoms with Crippen molar-refractivity contribution in [1.82, 2.24) is 0 Å². The summed E-state index contributed by atoms with van der Waals surface area (Å²) in [5, 5.41) is 8.97. The number of carboxylic acids is 1. The number of nitrogens with zero attached hydrogens (tertiary/aromatic N) is 1. The van der Waals surface area contributed by atoms with Crippen LogP contribution < -0.4 is 10.6 Å². The molecular formula is C11H13F3N2O2. The van der Waals surface area contributed by atoms with Crippen molar-refractivity contribution in [2.24, 2.45) is 0 Å². The van der Waals surface area contributed by atoms with Gasteiger partial charge < -0.3 is 15.7 Å². The SMILES string of the molecule is CCN(CC(F)(F)F)c1c(N)cccc1C(=O)O. The monoisotopic (exact) mass is 262 g/mol. The maximum atomic E-state index is 12.4. The van der Waals surface area contributed by atoms with Crippen molar-refractivity contribution in [3.05, 3.63) is 23.8 Å². The van der Waals surface area contributed by atoms with Crippen molar-refractivity contribution in [3.8, 4) is 0 Å². The average molecular weight is 262 g/mol. The van der Waals surface area contributed by atoms with Crippen LogP contribution in [0.15, 0.2) is 18.2 Å². The number of carbonyl (C=O) groups is 1. The van der Waals surface area contributed by atoms with Gasteiger partial charge in [0.05, 0.1) is 16.9 Å². The van der Waals surface area contributed by atoms with Crippen molar-refractivity contribution >= 4 is 17.3 Å². The second-order valence-electron chi connectivity index (χ2n) is 3.68. The molecule has 0 spiro atoms. The number of anilines is 2. The maximum Gasteiger partial charge on any atom is 0.405 e. The summed E-state index contributed by atoms with van der Waals surface area (Å²) in [5.74, 6) is -1.31. The van der Waals surface area contributed by atoms with Crippen molar-refractivity contribution in [2.45, 2.75) is 13.1 Å². The lowest BCUT2D eigenvalue weighted by Crippen LogP contribution is -2.35. The third kappa shape index (κ3) is 3.28. The summed E-state index contributed by atoms with van der Waals surface area (Å²) >= 11 is 0. The molecule has 0 heterocycles. The zero-order valence-corrected chi connectivity index (χ0v) is 9.66. The standard InChI is InChI=1S/C11H13F3N2O2/c1-2-16(6-11(12,13)14)9-7(10(17)18)4-3-5-8(9)15/h3-5H,2,6,15H2,1H3,(H,17,18). The van der Waals surface area contributed by atoms with Crippen molar-refractivity contribution < 1.29 is 23.1 Å². The van der Waals surface area contributed by atoms with Crippen molar-refractivity contribution in [2.75, 3.05) is 23.7 Å². The Morgan fingerprint density at radius 2 is 2.06 bits per heavy atom. The van der Waals surface area contributed by atoms with Crippen LogP contribution in [0.25, 0.3) is 0 Å². The predicted molar refractivity (Wildman–Crippen MR) is 61.8 cm³/mol. The van der Waals surface area contributed by atoms with Gasteiger partial charge >= 0.3 is 12.1 Å². The van der Waals surface area contributed by atoms with Gasteiger partial charge in [0.1, 0.15) is 6.54 Å². The molecule has 0 radical (unpaired) electrons. The highest BCUT2D eigenvalue weighted by Gasteiger charge is 2.32. The first-order valence-electron chi connectivity index (χ1n) is 5.19. The largest absolute Gasteiger partial charge is 0.478 e. The maximum absolute atomic E-state index is 12.4. The van der Waals surface area contributed by atoms with Crippen LogP contribution in [0.3, 0.4) is 0 Å². The summed E-state index contributed by atoms with van der Waals surface area (Å²) in [6, 6.07) is 4.00. The molecule has 0 bridgehead atoms. The summed E-state index contributed by atoms with van der Waals surface area (Å²) < 4.78 is 37.2. The van der Waals surface area contributed by atoms with Gasteiger partial charge in [-0.05, 0) is 19.1 Å². The molecule has 0 aliphatic carbocycles. The van der Waals surface area contributed by atoms with Crippen LogP contribution in [-0.2, 0) is 0 Å². The fourth-order valence-electron chi connectivity index (χ4n) is 1.65. The van der Waals surface area contributed by atoms with Gasteiger partial charge in [-0.3, -0.25) is 0 Å². The van der Waals surface area contributed by atoms with E-state index in [0.29, 0.717) is 0 Å². The molecule has 0 aliphatic rings. The molecule has 0 aliphatic heterocycles. The Hall–Kier alpha value is -1.92. The van der Waals surface area contributed by atoms with E-state index in [4.69, 9.17) is 10.8 Å². The van der Waals surface area contributed by atoms with E-state index in [1.165, 1.54) is 25.1 Å². The molecule has 3 N–H and O–H groups in total. The van der Waals surface area contributed by atoms with Crippen LogP contribution in [-0.4, -0.2) is 30.3 Å². The lowest BCUT2D eigenvalue weighted by Gasteiger charge is -2.27. The summed E-state index contributed by atoms with van der Waals surface area (Å²) in [7, 11) is 0. The Balaban J connectivity index is 3.24. The molecule has 1 rings (SSSR count). The van der Waals surface area contributed by atoms with Crippen LogP contribution in [0.4, 0.5) is 24.5 Å². The molecule has 0 saturated carbocycles. The van der Waals surface area contributed by atoms with Crippen molar-refractivity contribution in [3.63, 3.8) is 0 Å². The number of para-hydroxylation sites is 1. The van der Waals surface area contributed by atoms with E-state index in [0.717, 1.165) is 4.90 Å². The minimum Gasteiger partial charge on any atom is -0.478 e. The number of carboxylic acid groups (broad SMARTS) is 1. The van der Waals surface area contributed by atoms with Gasteiger partial charge in [-0.2, -0.15) is 13.2 Å². The van der Waals surface area contributed by atoms with E-state index in [-0.39, 0.29) is 23.5 Å². The number of nitrogen functional groups attached to an aromatic ring is 1. The molecular weight excluding hydrogens is 249 g/mol. The summed E-state index contributed by atoms with van der Waals surface area (Å²) in [6.45, 7) is 0.274. The summed E-state index contributed by atoms with van der Waals surface area (Å²) in [4.78, 5) is 11.9. The van der Waals surface area contributed by atoms with Crippen LogP contribution >= 0.6 is 0 Å². The minimum absolute atomic E-state index is 0.00794. The third-order valence-corrected chi connectivity index (χ3v) is 2.37. The number of nitrogens with two attached hydrogens (primary N) is 1. The zero-order chi connectivity index (χ0) is 13.9. The zero-order valence-electron chi connectivity index (χ0n) is 9.66. The first-order valence-corrected chi connectivity index (χ1v) is 5.19. The van der Waals surface area contributed by atoms with Gasteiger partial charge in [0.2, 0.25) is 0 Å². The number of alkyl halides is 3. The van der Waals surface area contributed by atoms with E-state index in [2.05, 4.69) is 0 Å². The lowest BCUT2D eigenvalue weighted by molar-refractivity contribution is -0.119. The second-order valence-corrected chi connectivity index (χ2v) is 3.68. The average Bonchev–Trinajstić information content (AvgIpc) is 2.24. The molecule has 4 nitrogen and oxygen atoms in total. The van der Waals surface area contributed by atoms with Crippen LogP contribution in [0.2, 0.25) is 0 Å². The highest BCUT2D eigenvalue weighted by atomic mass is 19.4. The predicted octanol–water partition coefficient (Wildman–Crippen LogP) is 2.36. The van der Waals surface area contributed by atoms with E-state index in [1.807, 2.05) is 0 Å². The van der Waals surface area contributed by atoms with Gasteiger partial charge in [-0.15, -0.1) is 0 Å². The number of hydrogen-bond acceptors (Lipinski definition) is 3. The molecule has 1 aromatic carbocycles. The van der Waals surface area contributed by atoms with E-state index in [1.54, 1.807) is 0 Å². The topological polar surface area (TPSA) is 66.6 Å². The van der Waals surface area contributed by atoms with E-state index >= 15 is 0 Å². The summed E-state index contributed by atoms with van der Waals surface area (Å²) in [6.07, 6.45) is -4.42. The fraction of sp³-hybridized carbons (Fsp3) is 0.364. The first-order chi connectivity index (χ1) is 8.26. The lowest BCUT2D eigenvalue weighted by atomic mass is 10.1. The third-order valence-electron chi connectivity index (χ3n) is 2.37. The molecule has 0 atom stereocenters. The molecule has 0 aromatic heterocycles. The Morgan fingerprint density at radius 3 is 2.50 bits per heavy atom. The Morgan fingerprint density at radius 1 is 1.44 bits per heavy atom. The fourth-order valence-corrected chi connectivity index (χ4v) is 1.65. The quantitative estimate of drug-likeness (QED) is 0.817. The Labute approximate surface area is 102 Å². The number of halogens is 3. The summed E-state index contributed by atoms with van der Waals surface area (Å²) in [5.41, 5.74) is 5.27. The molecule has 0 amide bonds. The highest BCUT2D eigenvalue weighted by Crippen LogP contribution is 2.30. The van der Waals surface area contributed by atoms with Gasteiger partial charge in [0.15, 0.2) is 0 Å².